The summed E-state index contributed by atoms with van der Waals surface area (Å²) < 4.78 is 17.3. The lowest BCUT2D eigenvalue weighted by atomic mass is 10.0. The summed E-state index contributed by atoms with van der Waals surface area (Å²) in [4.78, 5) is 25.4. The Kier molecular flexibility index (Phi) is 43.8. The highest BCUT2D eigenvalue weighted by Crippen LogP contribution is 2.16. The average Bonchev–Trinajstić information content (AvgIpc) is 3.14. The Morgan fingerprint density at radius 2 is 0.519 bits per heavy atom. The Bertz CT molecular complexity index is 669. The van der Waals surface area contributed by atoms with Crippen LogP contribution in [0.1, 0.15) is 278 Å². The van der Waals surface area contributed by atoms with Gasteiger partial charge in [-0.3, -0.25) is 9.59 Å². The first kappa shape index (κ1) is 51.1. The lowest BCUT2D eigenvalue weighted by Gasteiger charge is -2.16. The van der Waals surface area contributed by atoms with Crippen LogP contribution in [0.5, 0.6) is 0 Å². The van der Waals surface area contributed by atoms with E-state index in [-0.39, 0.29) is 11.9 Å². The Labute approximate surface area is 327 Å². The van der Waals surface area contributed by atoms with Crippen LogP contribution in [-0.2, 0) is 22.9 Å². The van der Waals surface area contributed by atoms with Crippen LogP contribution in [0.2, 0.25) is 0 Å². The summed E-state index contributed by atoms with van der Waals surface area (Å²) in [6.07, 6.45) is 49.5. The maximum Gasteiger partial charge on any atom is 0.619 e. The number of unbranched alkanes of at least 4 members (excludes halogenated alkanes) is 35. The van der Waals surface area contributed by atoms with Gasteiger partial charge in [-0.15, -0.1) is 0 Å². The molecule has 6 heteroatoms. The van der Waals surface area contributed by atoms with Gasteiger partial charge in [0.25, 0.3) is 11.9 Å². The van der Waals surface area contributed by atoms with Crippen molar-refractivity contribution in [2.75, 3.05) is 6.61 Å². The quantitative estimate of drug-likeness (QED) is 0.0458. The number of hydrogen-bond acceptors (Lipinski definition) is 5. The van der Waals surface area contributed by atoms with E-state index in [0.29, 0.717) is 19.4 Å². The molecule has 0 unspecified atom stereocenters. The van der Waals surface area contributed by atoms with Crippen LogP contribution in [0.3, 0.4) is 0 Å². The summed E-state index contributed by atoms with van der Waals surface area (Å²) in [6.45, 7) is 7.31. The van der Waals surface area contributed by atoms with Gasteiger partial charge in [-0.1, -0.05) is 245 Å². The zero-order chi connectivity index (χ0) is 37.8. The maximum absolute atomic E-state index is 12.7. The Morgan fingerprint density at radius 1 is 0.308 bits per heavy atom. The van der Waals surface area contributed by atoms with E-state index in [4.69, 9.17) is 13.3 Å². The second-order valence-corrected chi connectivity index (χ2v) is 17.4. The zero-order valence-electron chi connectivity index (χ0n) is 35.6. The van der Waals surface area contributed by atoms with E-state index in [1.165, 1.54) is 205 Å². The first-order valence-corrected chi connectivity index (χ1v) is 25.1. The monoisotopic (exact) mass is 753 g/mol. The van der Waals surface area contributed by atoms with Crippen molar-refractivity contribution in [1.82, 2.24) is 0 Å². The molecule has 0 rings (SSSR count). The van der Waals surface area contributed by atoms with Crippen molar-refractivity contribution in [3.63, 3.8) is 0 Å². The fourth-order valence-corrected chi connectivity index (χ4v) is 8.33. The predicted molar refractivity (Wildman–Crippen MR) is 227 cm³/mol. The predicted octanol–water partition coefficient (Wildman–Crippen LogP) is 15.5. The number of carbonyl (C=O) groups is 2. The molecule has 0 fully saturated rings. The van der Waals surface area contributed by atoms with E-state index in [9.17, 15) is 9.59 Å². The zero-order valence-corrected chi connectivity index (χ0v) is 36.8. The molecular formula is C46H92O5Si. The molecular weight excluding hydrogens is 661 g/mol. The molecule has 0 aromatic rings. The van der Waals surface area contributed by atoms with E-state index in [1.54, 1.807) is 0 Å². The van der Waals surface area contributed by atoms with Gasteiger partial charge in [0.15, 0.2) is 0 Å². The van der Waals surface area contributed by atoms with Gasteiger partial charge < -0.3 is 13.3 Å². The van der Waals surface area contributed by atoms with Gasteiger partial charge in [0.2, 0.25) is 0 Å². The largest absolute Gasteiger partial charge is 0.619 e. The van der Waals surface area contributed by atoms with E-state index in [2.05, 4.69) is 20.8 Å². The van der Waals surface area contributed by atoms with E-state index >= 15 is 0 Å². The normalized spacial score (nSPS) is 11.5. The first-order valence-electron chi connectivity index (χ1n) is 23.6. The van der Waals surface area contributed by atoms with Crippen LogP contribution in [0.15, 0.2) is 0 Å². The molecule has 52 heavy (non-hydrogen) atoms. The van der Waals surface area contributed by atoms with Gasteiger partial charge in [-0.05, 0) is 19.3 Å². The minimum Gasteiger partial charge on any atom is -0.467 e. The van der Waals surface area contributed by atoms with Gasteiger partial charge in [0.1, 0.15) is 0 Å². The highest BCUT2D eigenvalue weighted by molar-refractivity contribution is 6.41. The Hall–Kier alpha value is -0.883. The SMILES string of the molecule is CCCCCCCCCCCCCCCCCC(=O)O[SiH](OCCCCCCCCCC)OC(=O)CCCCCCCCCCCCCCCCC. The average molecular weight is 753 g/mol. The van der Waals surface area contributed by atoms with Crippen LogP contribution < -0.4 is 0 Å². The summed E-state index contributed by atoms with van der Waals surface area (Å²) in [7, 11) is -2.81. The molecule has 0 aliphatic rings. The fraction of sp³-hybridized carbons (Fsp3) is 0.957. The minimum atomic E-state index is -2.81. The molecule has 5 nitrogen and oxygen atoms in total. The molecule has 0 saturated carbocycles. The number of rotatable bonds is 44. The molecule has 0 amide bonds. The molecule has 0 aliphatic carbocycles. The van der Waals surface area contributed by atoms with E-state index < -0.39 is 9.53 Å². The van der Waals surface area contributed by atoms with Crippen molar-refractivity contribution in [3.8, 4) is 0 Å². The van der Waals surface area contributed by atoms with Crippen LogP contribution in [0, 0.1) is 0 Å². The van der Waals surface area contributed by atoms with Crippen LogP contribution in [0.25, 0.3) is 0 Å². The van der Waals surface area contributed by atoms with Gasteiger partial charge in [-0.2, -0.15) is 0 Å². The molecule has 0 aromatic heterocycles. The van der Waals surface area contributed by atoms with Gasteiger partial charge in [0.05, 0.1) is 0 Å². The summed E-state index contributed by atoms with van der Waals surface area (Å²) >= 11 is 0. The maximum atomic E-state index is 12.7. The third-order valence-electron chi connectivity index (χ3n) is 10.7. The molecule has 0 saturated heterocycles. The summed E-state index contributed by atoms with van der Waals surface area (Å²) in [5.74, 6) is -0.524. The van der Waals surface area contributed by atoms with Crippen molar-refractivity contribution in [1.29, 1.82) is 0 Å². The van der Waals surface area contributed by atoms with E-state index in [0.717, 1.165) is 38.5 Å². The van der Waals surface area contributed by atoms with Crippen LogP contribution >= 0.6 is 0 Å². The lowest BCUT2D eigenvalue weighted by molar-refractivity contribution is -0.143. The number of carbonyl (C=O) groups excluding carboxylic acids is 2. The Balaban J connectivity index is 4.09. The Morgan fingerprint density at radius 3 is 0.769 bits per heavy atom. The third-order valence-corrected chi connectivity index (χ3v) is 12.1. The molecule has 0 heterocycles. The highest BCUT2D eigenvalue weighted by Gasteiger charge is 2.25. The van der Waals surface area contributed by atoms with Crippen LogP contribution in [-0.4, -0.2) is 28.1 Å². The molecule has 310 valence electrons. The van der Waals surface area contributed by atoms with Crippen molar-refractivity contribution in [3.05, 3.63) is 0 Å². The van der Waals surface area contributed by atoms with Gasteiger partial charge in [0, 0.05) is 19.4 Å². The summed E-state index contributed by atoms with van der Waals surface area (Å²) in [5.41, 5.74) is 0. The standard InChI is InChI=1S/C46H92O5Si/c1-4-7-10-13-16-19-21-23-25-27-29-31-33-36-39-42-45(47)50-52(49-44-41-38-35-18-15-12-9-6-3)51-46(48)43-40-37-34-32-30-28-26-24-22-20-17-14-11-8-5-2/h52H,4-44H2,1-3H3. The van der Waals surface area contributed by atoms with Crippen molar-refractivity contribution >= 4 is 21.5 Å². The molecule has 0 radical (unpaired) electrons. The molecule has 0 bridgehead atoms. The summed E-state index contributed by atoms with van der Waals surface area (Å²) in [5, 5.41) is 0. The van der Waals surface area contributed by atoms with Gasteiger partial charge >= 0.3 is 9.53 Å². The topological polar surface area (TPSA) is 61.8 Å². The van der Waals surface area contributed by atoms with Crippen LogP contribution in [0.4, 0.5) is 0 Å². The first-order chi connectivity index (χ1) is 25.6. The minimum absolute atomic E-state index is 0.262. The lowest BCUT2D eigenvalue weighted by Crippen LogP contribution is -2.33. The molecule has 0 spiro atoms. The molecule has 0 aliphatic heterocycles. The molecule has 0 atom stereocenters. The van der Waals surface area contributed by atoms with Crippen molar-refractivity contribution in [2.45, 2.75) is 278 Å². The molecule has 0 aromatic carbocycles. The number of hydrogen-bond donors (Lipinski definition) is 0. The van der Waals surface area contributed by atoms with Crippen molar-refractivity contribution in [2.24, 2.45) is 0 Å². The molecule has 0 N–H and O–H groups in total. The smallest absolute Gasteiger partial charge is 0.467 e. The second kappa shape index (κ2) is 44.5. The fourth-order valence-electron chi connectivity index (χ4n) is 7.12. The second-order valence-electron chi connectivity index (χ2n) is 16.0. The highest BCUT2D eigenvalue weighted by atomic mass is 28.3. The van der Waals surface area contributed by atoms with Crippen molar-refractivity contribution < 1.29 is 22.9 Å². The summed E-state index contributed by atoms with van der Waals surface area (Å²) in [6, 6.07) is 0. The third kappa shape index (κ3) is 41.9. The van der Waals surface area contributed by atoms with Gasteiger partial charge in [-0.25, -0.2) is 0 Å². The van der Waals surface area contributed by atoms with E-state index in [1.807, 2.05) is 0 Å².